The number of piperidine rings is 1. The van der Waals surface area contributed by atoms with Gasteiger partial charge in [-0.05, 0) is 39.4 Å². The Kier molecular flexibility index (Phi) is 4.20. The number of para-hydroxylation sites is 1. The fourth-order valence-corrected chi connectivity index (χ4v) is 2.93. The number of anilines is 1. The van der Waals surface area contributed by atoms with Crippen LogP contribution in [0.25, 0.3) is 10.9 Å². The molecule has 116 valence electrons. The Bertz CT molecular complexity index is 683. The molecular weight excluding hydrogens is 276 g/mol. The van der Waals surface area contributed by atoms with E-state index in [1.165, 1.54) is 0 Å². The molecule has 22 heavy (non-hydrogen) atoms. The van der Waals surface area contributed by atoms with Crippen LogP contribution in [0.15, 0.2) is 24.3 Å². The van der Waals surface area contributed by atoms with Gasteiger partial charge in [-0.2, -0.15) is 0 Å². The zero-order chi connectivity index (χ0) is 15.5. The molecule has 0 amide bonds. The van der Waals surface area contributed by atoms with Crippen LogP contribution in [0.3, 0.4) is 0 Å². The molecule has 1 aliphatic heterocycles. The van der Waals surface area contributed by atoms with E-state index in [0.717, 1.165) is 42.5 Å². The second-order valence-electron chi connectivity index (χ2n) is 5.90. The number of benzene rings is 1. The van der Waals surface area contributed by atoms with E-state index >= 15 is 0 Å². The molecule has 0 aliphatic carbocycles. The van der Waals surface area contributed by atoms with Crippen molar-refractivity contribution >= 4 is 22.8 Å². The average molecular weight is 298 g/mol. The van der Waals surface area contributed by atoms with Crippen LogP contribution in [0.4, 0.5) is 5.95 Å². The highest BCUT2D eigenvalue weighted by Crippen LogP contribution is 2.16. The normalized spacial score (nSPS) is 19.1. The van der Waals surface area contributed by atoms with E-state index in [1.807, 2.05) is 31.2 Å². The number of fused-ring (bicyclic) bond motifs is 1. The summed E-state index contributed by atoms with van der Waals surface area (Å²) in [6.45, 7) is 4.05. The summed E-state index contributed by atoms with van der Waals surface area (Å²) in [5.41, 5.74) is 1.81. The predicted molar refractivity (Wildman–Crippen MR) is 89.3 cm³/mol. The molecular formula is C16H22N6. The third-order valence-corrected chi connectivity index (χ3v) is 4.00. The summed E-state index contributed by atoms with van der Waals surface area (Å²) in [7, 11) is 2.11. The van der Waals surface area contributed by atoms with Crippen LogP contribution in [0.1, 0.15) is 18.5 Å². The molecule has 0 spiro atoms. The zero-order valence-electron chi connectivity index (χ0n) is 13.1. The third kappa shape index (κ3) is 3.33. The second kappa shape index (κ2) is 6.27. The first kappa shape index (κ1) is 14.7. The third-order valence-electron chi connectivity index (χ3n) is 4.00. The van der Waals surface area contributed by atoms with Crippen LogP contribution in [0, 0.1) is 12.3 Å². The first-order valence-electron chi connectivity index (χ1n) is 7.66. The van der Waals surface area contributed by atoms with E-state index in [4.69, 9.17) is 5.41 Å². The van der Waals surface area contributed by atoms with E-state index in [-0.39, 0.29) is 5.96 Å². The smallest absolute Gasteiger partial charge is 0.230 e. The molecule has 1 saturated heterocycles. The van der Waals surface area contributed by atoms with E-state index in [0.29, 0.717) is 12.0 Å². The monoisotopic (exact) mass is 298 g/mol. The largest absolute Gasteiger partial charge is 0.352 e. The number of likely N-dealkylation sites (tertiary alicyclic amines) is 1. The molecule has 6 nitrogen and oxygen atoms in total. The standard InChI is InChI=1S/C16H22N6/c1-11-13-7-3-4-8-14(13)20-16(18-11)21-15(17)19-12-6-5-9-22(2)10-12/h3-4,7-8,12H,5-6,9-10H2,1-2H3,(H3,17,18,19,20,21)/t12-/m1/s1. The number of nitrogens with zero attached hydrogens (tertiary/aromatic N) is 3. The minimum atomic E-state index is 0.259. The summed E-state index contributed by atoms with van der Waals surface area (Å²) >= 11 is 0. The SMILES string of the molecule is Cc1nc(NC(=N)N[C@@H]2CCCN(C)C2)nc2ccccc12. The summed E-state index contributed by atoms with van der Waals surface area (Å²) in [4.78, 5) is 11.2. The highest BCUT2D eigenvalue weighted by molar-refractivity contribution is 5.91. The van der Waals surface area contributed by atoms with Crippen molar-refractivity contribution in [2.45, 2.75) is 25.8 Å². The lowest BCUT2D eigenvalue weighted by molar-refractivity contribution is 0.241. The van der Waals surface area contributed by atoms with Gasteiger partial charge >= 0.3 is 0 Å². The van der Waals surface area contributed by atoms with Gasteiger partial charge in [0.25, 0.3) is 0 Å². The van der Waals surface area contributed by atoms with Crippen molar-refractivity contribution in [3.63, 3.8) is 0 Å². The molecule has 1 fully saturated rings. The quantitative estimate of drug-likeness (QED) is 0.584. The zero-order valence-corrected chi connectivity index (χ0v) is 13.1. The fourth-order valence-electron chi connectivity index (χ4n) is 2.93. The molecule has 3 rings (SSSR count). The maximum atomic E-state index is 8.09. The minimum Gasteiger partial charge on any atom is -0.352 e. The fraction of sp³-hybridized carbons (Fsp3) is 0.438. The van der Waals surface area contributed by atoms with Crippen molar-refractivity contribution in [2.24, 2.45) is 0 Å². The van der Waals surface area contributed by atoms with Gasteiger partial charge < -0.3 is 10.2 Å². The van der Waals surface area contributed by atoms with Crippen LogP contribution >= 0.6 is 0 Å². The Hall–Kier alpha value is -2.21. The van der Waals surface area contributed by atoms with Gasteiger partial charge in [0.1, 0.15) is 0 Å². The van der Waals surface area contributed by atoms with Crippen LogP contribution in [-0.4, -0.2) is 47.0 Å². The molecule has 3 N–H and O–H groups in total. The Morgan fingerprint density at radius 2 is 2.14 bits per heavy atom. The number of hydrogen-bond donors (Lipinski definition) is 3. The Labute approximate surface area is 130 Å². The number of aryl methyl sites for hydroxylation is 1. The van der Waals surface area contributed by atoms with Gasteiger partial charge in [0.15, 0.2) is 5.96 Å². The lowest BCUT2D eigenvalue weighted by atomic mass is 10.1. The minimum absolute atomic E-state index is 0.259. The average Bonchev–Trinajstić information content (AvgIpc) is 2.47. The van der Waals surface area contributed by atoms with Crippen LogP contribution in [-0.2, 0) is 0 Å². The summed E-state index contributed by atoms with van der Waals surface area (Å²) < 4.78 is 0. The van der Waals surface area contributed by atoms with Crippen molar-refractivity contribution in [1.82, 2.24) is 20.2 Å². The van der Waals surface area contributed by atoms with Crippen molar-refractivity contribution in [2.75, 3.05) is 25.5 Å². The van der Waals surface area contributed by atoms with Gasteiger partial charge in [0.2, 0.25) is 5.95 Å². The molecule has 0 radical (unpaired) electrons. The summed E-state index contributed by atoms with van der Waals surface area (Å²) in [6.07, 6.45) is 2.25. The molecule has 6 heteroatoms. The highest BCUT2D eigenvalue weighted by atomic mass is 15.2. The summed E-state index contributed by atoms with van der Waals surface area (Å²) in [6, 6.07) is 8.22. The summed E-state index contributed by atoms with van der Waals surface area (Å²) in [5, 5.41) is 15.3. The molecule has 1 aromatic heterocycles. The lowest BCUT2D eigenvalue weighted by Crippen LogP contribution is -2.48. The van der Waals surface area contributed by atoms with Crippen LogP contribution in [0.5, 0.6) is 0 Å². The lowest BCUT2D eigenvalue weighted by Gasteiger charge is -2.30. The number of likely N-dealkylation sites (N-methyl/N-ethyl adjacent to an activating group) is 1. The number of guanidine groups is 1. The molecule has 0 saturated carbocycles. The van der Waals surface area contributed by atoms with Gasteiger partial charge in [-0.3, -0.25) is 10.7 Å². The maximum absolute atomic E-state index is 8.09. The van der Waals surface area contributed by atoms with E-state index in [2.05, 4.69) is 32.5 Å². The molecule has 0 unspecified atom stereocenters. The van der Waals surface area contributed by atoms with Gasteiger partial charge in [0.05, 0.1) is 11.2 Å². The first-order chi connectivity index (χ1) is 10.6. The van der Waals surface area contributed by atoms with E-state index in [9.17, 15) is 0 Å². The van der Waals surface area contributed by atoms with Crippen LogP contribution < -0.4 is 10.6 Å². The van der Waals surface area contributed by atoms with Gasteiger partial charge in [-0.15, -0.1) is 0 Å². The topological polar surface area (TPSA) is 76.9 Å². The Balaban J connectivity index is 1.68. The predicted octanol–water partition coefficient (Wildman–Crippen LogP) is 1.97. The van der Waals surface area contributed by atoms with Gasteiger partial charge in [-0.25, -0.2) is 9.97 Å². The number of nitrogens with one attached hydrogen (secondary N) is 3. The van der Waals surface area contributed by atoms with E-state index < -0.39 is 0 Å². The van der Waals surface area contributed by atoms with Crippen molar-refractivity contribution in [1.29, 1.82) is 5.41 Å². The van der Waals surface area contributed by atoms with Crippen LogP contribution in [0.2, 0.25) is 0 Å². The molecule has 1 aliphatic rings. The number of hydrogen-bond acceptors (Lipinski definition) is 4. The molecule has 0 bridgehead atoms. The molecule has 1 atom stereocenters. The molecule has 1 aromatic carbocycles. The van der Waals surface area contributed by atoms with Crippen molar-refractivity contribution < 1.29 is 0 Å². The first-order valence-corrected chi connectivity index (χ1v) is 7.66. The number of rotatable bonds is 2. The van der Waals surface area contributed by atoms with E-state index in [1.54, 1.807) is 0 Å². The number of aromatic nitrogens is 2. The summed E-state index contributed by atoms with van der Waals surface area (Å²) in [5.74, 6) is 0.729. The second-order valence-corrected chi connectivity index (χ2v) is 5.90. The van der Waals surface area contributed by atoms with Crippen molar-refractivity contribution in [3.05, 3.63) is 30.0 Å². The highest BCUT2D eigenvalue weighted by Gasteiger charge is 2.18. The molecule has 2 heterocycles. The molecule has 2 aromatic rings. The Morgan fingerprint density at radius 3 is 2.95 bits per heavy atom. The van der Waals surface area contributed by atoms with Gasteiger partial charge in [0, 0.05) is 18.0 Å². The Morgan fingerprint density at radius 1 is 1.32 bits per heavy atom. The maximum Gasteiger partial charge on any atom is 0.230 e. The van der Waals surface area contributed by atoms with Gasteiger partial charge in [-0.1, -0.05) is 18.2 Å². The van der Waals surface area contributed by atoms with Crippen molar-refractivity contribution in [3.8, 4) is 0 Å².